The maximum Gasteiger partial charge on any atom is 0.416 e. The molecule has 0 unspecified atom stereocenters. The molecule has 0 atom stereocenters. The summed E-state index contributed by atoms with van der Waals surface area (Å²) in [5, 5.41) is 0. The van der Waals surface area contributed by atoms with Gasteiger partial charge in [0.05, 0.1) is 12.7 Å². The minimum atomic E-state index is -4.34. The molecule has 1 nitrogen and oxygen atoms in total. The molecule has 0 N–H and O–H groups in total. The molecule has 18 heavy (non-hydrogen) atoms. The zero-order chi connectivity index (χ0) is 13.2. The van der Waals surface area contributed by atoms with Crippen LogP contribution in [0.15, 0.2) is 42.5 Å². The molecule has 0 saturated carbocycles. The largest absolute Gasteiger partial charge is 0.497 e. The van der Waals surface area contributed by atoms with Gasteiger partial charge in [-0.3, -0.25) is 0 Å². The number of alkyl halides is 3. The first-order valence-electron chi connectivity index (χ1n) is 5.24. The Balaban J connectivity index is 2.44. The van der Waals surface area contributed by atoms with E-state index in [1.807, 2.05) is 0 Å². The molecule has 0 aliphatic carbocycles. The summed E-state index contributed by atoms with van der Waals surface area (Å²) in [6.45, 7) is 0. The Labute approximate surface area is 103 Å². The lowest BCUT2D eigenvalue weighted by Crippen LogP contribution is -2.04. The molecule has 0 spiro atoms. The fourth-order valence-electron chi connectivity index (χ4n) is 1.60. The van der Waals surface area contributed by atoms with E-state index in [1.54, 1.807) is 24.3 Å². The third-order valence-corrected chi connectivity index (χ3v) is 2.51. The molecule has 2 rings (SSSR count). The van der Waals surface area contributed by atoms with Crippen LogP contribution in [0.4, 0.5) is 13.2 Å². The lowest BCUT2D eigenvalue weighted by Gasteiger charge is -2.09. The van der Waals surface area contributed by atoms with Gasteiger partial charge in [-0.1, -0.05) is 18.2 Å². The maximum atomic E-state index is 12.6. The Morgan fingerprint density at radius 1 is 1.11 bits per heavy atom. The molecule has 0 aliphatic heterocycles. The van der Waals surface area contributed by atoms with Gasteiger partial charge in [0, 0.05) is 0 Å². The number of hydrogen-bond acceptors (Lipinski definition) is 1. The molecule has 1 radical (unpaired) electrons. The van der Waals surface area contributed by atoms with Gasteiger partial charge >= 0.3 is 6.18 Å². The van der Waals surface area contributed by atoms with Crippen molar-refractivity contribution in [3.8, 4) is 16.9 Å². The molecule has 2 aromatic rings. The van der Waals surface area contributed by atoms with Crippen LogP contribution in [0, 0.1) is 6.07 Å². The first-order chi connectivity index (χ1) is 8.50. The smallest absolute Gasteiger partial charge is 0.416 e. The van der Waals surface area contributed by atoms with E-state index in [1.165, 1.54) is 13.2 Å². The third-order valence-electron chi connectivity index (χ3n) is 2.51. The van der Waals surface area contributed by atoms with Gasteiger partial charge < -0.3 is 4.74 Å². The molecular weight excluding hydrogens is 241 g/mol. The Kier molecular flexibility index (Phi) is 3.28. The second-order valence-corrected chi connectivity index (χ2v) is 3.72. The van der Waals surface area contributed by atoms with E-state index in [2.05, 4.69) is 6.07 Å². The number of benzene rings is 2. The maximum absolute atomic E-state index is 12.6. The Hall–Kier alpha value is -1.97. The summed E-state index contributed by atoms with van der Waals surface area (Å²) in [5.41, 5.74) is 0.361. The van der Waals surface area contributed by atoms with E-state index in [0.29, 0.717) is 16.9 Å². The van der Waals surface area contributed by atoms with Gasteiger partial charge in [0.1, 0.15) is 5.75 Å². The summed E-state index contributed by atoms with van der Waals surface area (Å²) in [6.07, 6.45) is -4.34. The summed E-state index contributed by atoms with van der Waals surface area (Å²) in [4.78, 5) is 0. The van der Waals surface area contributed by atoms with Gasteiger partial charge in [0.15, 0.2) is 0 Å². The van der Waals surface area contributed by atoms with E-state index in [0.717, 1.165) is 12.1 Å². The number of methoxy groups -OCH3 is 1. The molecule has 0 saturated heterocycles. The standard InChI is InChI=1S/C14H10F3O/c1-18-13-7-3-5-11(9-13)10-4-2-6-12(8-10)14(15,16)17/h2-4,6-9H,1H3. The van der Waals surface area contributed by atoms with Crippen LogP contribution in [0.3, 0.4) is 0 Å². The minimum Gasteiger partial charge on any atom is -0.497 e. The van der Waals surface area contributed by atoms with Crippen molar-refractivity contribution >= 4 is 0 Å². The van der Waals surface area contributed by atoms with Crippen LogP contribution in [-0.4, -0.2) is 7.11 Å². The summed E-state index contributed by atoms with van der Waals surface area (Å²) in [6, 6.07) is 13.0. The second-order valence-electron chi connectivity index (χ2n) is 3.72. The first-order valence-corrected chi connectivity index (χ1v) is 5.24. The molecule has 0 aliphatic rings. The van der Waals surface area contributed by atoms with Gasteiger partial charge in [0.2, 0.25) is 0 Å². The Bertz CT molecular complexity index is 547. The number of ether oxygens (including phenoxy) is 1. The quantitative estimate of drug-likeness (QED) is 0.778. The SMILES string of the molecule is COc1cc[c]c(-c2cccc(C(F)(F)F)c2)c1. The number of halogens is 3. The van der Waals surface area contributed by atoms with Crippen LogP contribution in [0.2, 0.25) is 0 Å². The first kappa shape index (κ1) is 12.5. The van der Waals surface area contributed by atoms with Gasteiger partial charge in [0.25, 0.3) is 0 Å². The van der Waals surface area contributed by atoms with Crippen molar-refractivity contribution in [2.45, 2.75) is 6.18 Å². The van der Waals surface area contributed by atoms with Crippen LogP contribution in [0.25, 0.3) is 11.1 Å². The van der Waals surface area contributed by atoms with Crippen molar-refractivity contribution in [3.05, 3.63) is 54.1 Å². The van der Waals surface area contributed by atoms with Gasteiger partial charge in [-0.05, 0) is 41.5 Å². The van der Waals surface area contributed by atoms with Crippen molar-refractivity contribution in [1.29, 1.82) is 0 Å². The highest BCUT2D eigenvalue weighted by Crippen LogP contribution is 2.32. The minimum absolute atomic E-state index is 0.462. The summed E-state index contributed by atoms with van der Waals surface area (Å²) >= 11 is 0. The predicted octanol–water partition coefficient (Wildman–Crippen LogP) is 4.18. The van der Waals surface area contributed by atoms with Crippen LogP contribution >= 0.6 is 0 Å². The number of rotatable bonds is 2. The molecule has 0 aromatic heterocycles. The second kappa shape index (κ2) is 4.72. The fourth-order valence-corrected chi connectivity index (χ4v) is 1.60. The third kappa shape index (κ3) is 2.64. The normalized spacial score (nSPS) is 11.3. The Morgan fingerprint density at radius 2 is 1.89 bits per heavy atom. The lowest BCUT2D eigenvalue weighted by atomic mass is 10.0. The monoisotopic (exact) mass is 251 g/mol. The van der Waals surface area contributed by atoms with E-state index in [4.69, 9.17) is 4.74 Å². The highest BCUT2D eigenvalue weighted by Gasteiger charge is 2.30. The lowest BCUT2D eigenvalue weighted by molar-refractivity contribution is -0.137. The Morgan fingerprint density at radius 3 is 2.56 bits per heavy atom. The molecular formula is C14H10F3O. The topological polar surface area (TPSA) is 9.23 Å². The summed E-state index contributed by atoms with van der Waals surface area (Å²) < 4.78 is 42.8. The number of hydrogen-bond donors (Lipinski definition) is 0. The zero-order valence-corrected chi connectivity index (χ0v) is 9.58. The molecule has 0 heterocycles. The van der Waals surface area contributed by atoms with Crippen molar-refractivity contribution in [3.63, 3.8) is 0 Å². The van der Waals surface area contributed by atoms with E-state index < -0.39 is 11.7 Å². The van der Waals surface area contributed by atoms with E-state index in [-0.39, 0.29) is 0 Å². The van der Waals surface area contributed by atoms with Gasteiger partial charge in [-0.25, -0.2) is 0 Å². The van der Waals surface area contributed by atoms with Gasteiger partial charge in [-0.15, -0.1) is 0 Å². The van der Waals surface area contributed by atoms with Crippen molar-refractivity contribution in [2.24, 2.45) is 0 Å². The van der Waals surface area contributed by atoms with Crippen LogP contribution in [-0.2, 0) is 6.18 Å². The van der Waals surface area contributed by atoms with Crippen molar-refractivity contribution < 1.29 is 17.9 Å². The van der Waals surface area contributed by atoms with Crippen LogP contribution in [0.5, 0.6) is 5.75 Å². The molecule has 4 heteroatoms. The molecule has 0 bridgehead atoms. The molecule has 2 aromatic carbocycles. The zero-order valence-electron chi connectivity index (χ0n) is 9.58. The van der Waals surface area contributed by atoms with E-state index in [9.17, 15) is 13.2 Å². The predicted molar refractivity (Wildman–Crippen MR) is 62.3 cm³/mol. The summed E-state index contributed by atoms with van der Waals surface area (Å²) in [7, 11) is 1.51. The highest BCUT2D eigenvalue weighted by atomic mass is 19.4. The average Bonchev–Trinajstić information content (AvgIpc) is 2.38. The van der Waals surface area contributed by atoms with E-state index >= 15 is 0 Å². The van der Waals surface area contributed by atoms with Crippen molar-refractivity contribution in [2.75, 3.05) is 7.11 Å². The molecule has 0 fully saturated rings. The van der Waals surface area contributed by atoms with Crippen LogP contribution in [0.1, 0.15) is 5.56 Å². The van der Waals surface area contributed by atoms with Crippen LogP contribution < -0.4 is 4.74 Å². The summed E-state index contributed by atoms with van der Waals surface area (Å²) in [5.74, 6) is 0.584. The molecule has 93 valence electrons. The molecule has 0 amide bonds. The van der Waals surface area contributed by atoms with Gasteiger partial charge in [-0.2, -0.15) is 13.2 Å². The fraction of sp³-hybridized carbons (Fsp3) is 0.143. The van der Waals surface area contributed by atoms with Crippen molar-refractivity contribution in [1.82, 2.24) is 0 Å². The highest BCUT2D eigenvalue weighted by molar-refractivity contribution is 5.65. The average molecular weight is 251 g/mol.